The molecule has 1 amide bonds. The van der Waals surface area contributed by atoms with Crippen LogP contribution in [0.3, 0.4) is 0 Å². The molecule has 4 rings (SSSR count). The number of hydrogen-bond donors (Lipinski definition) is 1. The fraction of sp³-hybridized carbons (Fsp3) is 0.500. The van der Waals surface area contributed by atoms with Gasteiger partial charge in [-0.3, -0.25) is 0 Å². The summed E-state index contributed by atoms with van der Waals surface area (Å²) in [6.45, 7) is 8.42. The normalized spacial score (nSPS) is 17.9. The lowest BCUT2D eigenvalue weighted by molar-refractivity contribution is -0.180. The highest BCUT2D eigenvalue weighted by atomic mass is 32.2. The molecule has 2 aliphatic rings. The third kappa shape index (κ3) is 8.45. The summed E-state index contributed by atoms with van der Waals surface area (Å²) in [5, 5.41) is 5.21. The monoisotopic (exact) mass is 570 g/mol. The van der Waals surface area contributed by atoms with Crippen molar-refractivity contribution >= 4 is 16.1 Å². The first-order valence-corrected chi connectivity index (χ1v) is 15.2. The summed E-state index contributed by atoms with van der Waals surface area (Å²) in [6.07, 6.45) is 3.86. The van der Waals surface area contributed by atoms with Crippen molar-refractivity contribution in [2.45, 2.75) is 76.3 Å². The Morgan fingerprint density at radius 3 is 2.70 bits per heavy atom. The first-order chi connectivity index (χ1) is 19.0. The number of amides is 1. The van der Waals surface area contributed by atoms with Gasteiger partial charge in [-0.1, -0.05) is 30.7 Å². The van der Waals surface area contributed by atoms with Crippen LogP contribution in [0, 0.1) is 18.8 Å². The van der Waals surface area contributed by atoms with Gasteiger partial charge in [-0.05, 0) is 61.2 Å². The van der Waals surface area contributed by atoms with E-state index < -0.39 is 15.8 Å². The number of primary sulfonamides is 1. The molecule has 0 radical (unpaired) electrons. The molecule has 0 aromatic heterocycles. The zero-order valence-electron chi connectivity index (χ0n) is 23.4. The molecule has 1 fully saturated rings. The highest BCUT2D eigenvalue weighted by Crippen LogP contribution is 2.35. The van der Waals surface area contributed by atoms with Crippen molar-refractivity contribution in [2.75, 3.05) is 26.3 Å². The van der Waals surface area contributed by atoms with E-state index in [1.165, 1.54) is 12.1 Å². The van der Waals surface area contributed by atoms with Crippen LogP contribution in [0.2, 0.25) is 0 Å². The number of aryl methyl sites for hydroxylation is 1. The molecular formula is C30H38N2O7S. The molecule has 0 unspecified atom stereocenters. The first-order valence-electron chi connectivity index (χ1n) is 13.6. The van der Waals surface area contributed by atoms with Gasteiger partial charge in [-0.25, -0.2) is 18.4 Å². The number of sulfonamides is 1. The van der Waals surface area contributed by atoms with Crippen molar-refractivity contribution in [3.8, 4) is 17.6 Å². The number of carbonyl (C=O) groups is 1. The van der Waals surface area contributed by atoms with E-state index in [4.69, 9.17) is 24.1 Å². The van der Waals surface area contributed by atoms with E-state index in [0.717, 1.165) is 48.1 Å². The van der Waals surface area contributed by atoms with Crippen molar-refractivity contribution in [3.05, 3.63) is 58.7 Å². The molecule has 1 saturated heterocycles. The van der Waals surface area contributed by atoms with Gasteiger partial charge in [0, 0.05) is 44.5 Å². The number of carbonyl (C=O) groups excluding carboxylic acids is 1. The van der Waals surface area contributed by atoms with Gasteiger partial charge in [0.05, 0.1) is 24.7 Å². The minimum Gasteiger partial charge on any atom is -0.463 e. The molecule has 2 N–H and O–H groups in total. The molecule has 0 aliphatic carbocycles. The molecule has 40 heavy (non-hydrogen) atoms. The summed E-state index contributed by atoms with van der Waals surface area (Å²) >= 11 is 0. The summed E-state index contributed by atoms with van der Waals surface area (Å²) in [4.78, 5) is 14.2. The Morgan fingerprint density at radius 2 is 1.90 bits per heavy atom. The SMILES string of the molecule is Cc1cc(C#CCCOCCCCCCN2C[C@@H](c3ccc4c(c3)COC(C)(C)O4)OC2=O)cc(S(N)(=O)=O)c1. The maximum absolute atomic E-state index is 12.4. The van der Waals surface area contributed by atoms with E-state index in [0.29, 0.717) is 44.9 Å². The lowest BCUT2D eigenvalue weighted by atomic mass is 10.0. The highest BCUT2D eigenvalue weighted by Gasteiger charge is 2.33. The van der Waals surface area contributed by atoms with Gasteiger partial charge in [-0.15, -0.1) is 0 Å². The molecule has 0 saturated carbocycles. The fourth-order valence-electron chi connectivity index (χ4n) is 4.66. The number of rotatable bonds is 11. The largest absolute Gasteiger partial charge is 0.463 e. The van der Waals surface area contributed by atoms with Crippen LogP contribution in [0.1, 0.15) is 74.3 Å². The van der Waals surface area contributed by atoms with E-state index in [1.807, 2.05) is 38.1 Å². The Kier molecular flexibility index (Phi) is 9.74. The van der Waals surface area contributed by atoms with Gasteiger partial charge in [0.25, 0.3) is 0 Å². The molecule has 0 spiro atoms. The quantitative estimate of drug-likeness (QED) is 0.305. The number of hydrogen-bond acceptors (Lipinski definition) is 7. The number of ether oxygens (including phenoxy) is 4. The fourth-order valence-corrected chi connectivity index (χ4v) is 5.30. The van der Waals surface area contributed by atoms with Crippen molar-refractivity contribution in [1.82, 2.24) is 4.90 Å². The van der Waals surface area contributed by atoms with Crippen LogP contribution >= 0.6 is 0 Å². The topological polar surface area (TPSA) is 117 Å². The Hall–Kier alpha value is -3.10. The third-order valence-corrected chi connectivity index (χ3v) is 7.62. The second-order valence-electron chi connectivity index (χ2n) is 10.6. The van der Waals surface area contributed by atoms with Gasteiger partial charge in [0.2, 0.25) is 15.8 Å². The molecule has 2 aliphatic heterocycles. The van der Waals surface area contributed by atoms with Crippen LogP contribution in [0.15, 0.2) is 41.3 Å². The average Bonchev–Trinajstić information content (AvgIpc) is 3.26. The van der Waals surface area contributed by atoms with Crippen molar-refractivity contribution in [2.24, 2.45) is 5.14 Å². The number of fused-ring (bicyclic) bond motifs is 1. The predicted molar refractivity (Wildman–Crippen MR) is 150 cm³/mol. The molecule has 2 aromatic rings. The number of nitrogens with two attached hydrogens (primary N) is 1. The second-order valence-corrected chi connectivity index (χ2v) is 12.2. The van der Waals surface area contributed by atoms with Gasteiger partial charge in [0.1, 0.15) is 11.9 Å². The minimum atomic E-state index is -3.75. The summed E-state index contributed by atoms with van der Waals surface area (Å²) < 4.78 is 46.0. The van der Waals surface area contributed by atoms with E-state index >= 15 is 0 Å². The lowest BCUT2D eigenvalue weighted by Gasteiger charge is -2.32. The Balaban J connectivity index is 1.08. The van der Waals surface area contributed by atoms with Gasteiger partial charge < -0.3 is 23.8 Å². The number of cyclic esters (lactones) is 1. The maximum atomic E-state index is 12.4. The number of benzene rings is 2. The summed E-state index contributed by atoms with van der Waals surface area (Å²) in [5.41, 5.74) is 3.33. The smallest absolute Gasteiger partial charge is 0.410 e. The zero-order chi connectivity index (χ0) is 28.8. The molecule has 9 nitrogen and oxygen atoms in total. The van der Waals surface area contributed by atoms with Crippen LogP contribution in [-0.4, -0.2) is 51.5 Å². The van der Waals surface area contributed by atoms with E-state index in [-0.39, 0.29) is 17.1 Å². The summed E-state index contributed by atoms with van der Waals surface area (Å²) in [7, 11) is -3.75. The van der Waals surface area contributed by atoms with Crippen LogP contribution in [0.4, 0.5) is 4.79 Å². The van der Waals surface area contributed by atoms with Crippen LogP contribution in [0.5, 0.6) is 5.75 Å². The number of unbranched alkanes of at least 4 members (excludes halogenated alkanes) is 3. The Bertz CT molecular complexity index is 1380. The Morgan fingerprint density at radius 1 is 1.10 bits per heavy atom. The van der Waals surface area contributed by atoms with Crippen LogP contribution < -0.4 is 9.88 Å². The molecular weight excluding hydrogens is 532 g/mol. The second kappa shape index (κ2) is 13.0. The average molecular weight is 571 g/mol. The molecule has 2 aromatic carbocycles. The minimum absolute atomic E-state index is 0.0687. The van der Waals surface area contributed by atoms with Crippen molar-refractivity contribution < 1.29 is 32.2 Å². The molecule has 216 valence electrons. The Labute approximate surface area is 237 Å². The zero-order valence-corrected chi connectivity index (χ0v) is 24.2. The third-order valence-electron chi connectivity index (χ3n) is 6.73. The molecule has 10 heteroatoms. The predicted octanol–water partition coefficient (Wildman–Crippen LogP) is 4.80. The van der Waals surface area contributed by atoms with Gasteiger partial charge in [-0.2, -0.15) is 0 Å². The number of nitrogens with zero attached hydrogens (tertiary/aromatic N) is 1. The molecule has 2 heterocycles. The lowest BCUT2D eigenvalue weighted by Crippen LogP contribution is -2.35. The maximum Gasteiger partial charge on any atom is 0.410 e. The van der Waals surface area contributed by atoms with E-state index in [9.17, 15) is 13.2 Å². The van der Waals surface area contributed by atoms with E-state index in [1.54, 1.807) is 11.8 Å². The van der Waals surface area contributed by atoms with Gasteiger partial charge >= 0.3 is 6.09 Å². The van der Waals surface area contributed by atoms with Crippen LogP contribution in [0.25, 0.3) is 0 Å². The summed E-state index contributed by atoms with van der Waals surface area (Å²) in [6, 6.07) is 10.7. The van der Waals surface area contributed by atoms with Crippen molar-refractivity contribution in [3.63, 3.8) is 0 Å². The van der Waals surface area contributed by atoms with Crippen molar-refractivity contribution in [1.29, 1.82) is 0 Å². The first kappa shape index (κ1) is 29.9. The summed E-state index contributed by atoms with van der Waals surface area (Å²) in [5.74, 6) is 6.16. The van der Waals surface area contributed by atoms with Crippen LogP contribution in [-0.2, 0) is 30.8 Å². The molecule has 0 bridgehead atoms. The van der Waals surface area contributed by atoms with E-state index in [2.05, 4.69) is 11.8 Å². The highest BCUT2D eigenvalue weighted by molar-refractivity contribution is 7.89. The van der Waals surface area contributed by atoms with Gasteiger partial charge in [0.15, 0.2) is 0 Å². The standard InChI is InChI=1S/C30H38N2O7S/c1-22-16-23(18-26(17-22)40(31,34)35)10-6-9-15-36-14-8-5-4-7-13-32-20-28(38-29(32)33)24-11-12-27-25(19-24)21-37-30(2,3)39-27/h11-12,16-19,28H,4-5,7-9,13-15,20-21H2,1-3H3,(H2,31,34,35)/t28-/m0/s1. The molecule has 1 atom stereocenters.